The minimum absolute atomic E-state index is 0.121. The highest BCUT2D eigenvalue weighted by molar-refractivity contribution is 7.91. The number of hydrogen-bond acceptors (Lipinski definition) is 6. The number of halogens is 2. The van der Waals surface area contributed by atoms with E-state index in [1.165, 1.54) is 4.68 Å². The van der Waals surface area contributed by atoms with Gasteiger partial charge in [-0.1, -0.05) is 37.6 Å². The third kappa shape index (κ3) is 8.35. The number of carbonyl (C=O) groups excluding carboxylic acids is 2. The van der Waals surface area contributed by atoms with Crippen molar-refractivity contribution in [3.05, 3.63) is 70.9 Å². The molecule has 12 heteroatoms. The number of nitrogens with one attached hydrogen (secondary N) is 2. The normalized spacial score (nSPS) is 15.2. The number of carbonyl (C=O) groups is 2. The first kappa shape index (κ1) is 30.2. The molecule has 0 saturated carbocycles. The molecule has 1 atom stereocenters. The lowest BCUT2D eigenvalue weighted by molar-refractivity contribution is -0.113. The topological polar surface area (TPSA) is 119 Å². The highest BCUT2D eigenvalue weighted by Gasteiger charge is 2.33. The van der Waals surface area contributed by atoms with Gasteiger partial charge in [-0.15, -0.1) is 0 Å². The molecule has 0 saturated heterocycles. The number of rotatable bonds is 12. The number of benzene rings is 2. The summed E-state index contributed by atoms with van der Waals surface area (Å²) in [5.41, 5.74) is 3.24. The van der Waals surface area contributed by atoms with Crippen LogP contribution in [0.1, 0.15) is 53.9 Å². The molecule has 0 bridgehead atoms. The Bertz CT molecular complexity index is 1530. The summed E-state index contributed by atoms with van der Waals surface area (Å²) in [6.07, 6.45) is 4.22. The van der Waals surface area contributed by atoms with E-state index in [9.17, 15) is 26.8 Å². The lowest BCUT2D eigenvalue weighted by Crippen LogP contribution is -2.41. The van der Waals surface area contributed by atoms with Crippen molar-refractivity contribution in [1.82, 2.24) is 15.1 Å². The summed E-state index contributed by atoms with van der Waals surface area (Å²) in [7, 11) is -3.60. The van der Waals surface area contributed by atoms with E-state index in [0.717, 1.165) is 37.1 Å². The molecular weight excluding hydrogens is 554 g/mol. The Morgan fingerprint density at radius 3 is 2.56 bits per heavy atom. The first-order valence-corrected chi connectivity index (χ1v) is 15.5. The summed E-state index contributed by atoms with van der Waals surface area (Å²) in [5.74, 6) is -4.40. The fourth-order valence-electron chi connectivity index (χ4n) is 4.74. The largest absolute Gasteiger partial charge is 0.487 e. The molecule has 3 aromatic rings. The summed E-state index contributed by atoms with van der Waals surface area (Å²) in [6, 6.07) is 14.2. The summed E-state index contributed by atoms with van der Waals surface area (Å²) < 4.78 is 56.5. The average molecular weight is 589 g/mol. The van der Waals surface area contributed by atoms with E-state index in [-0.39, 0.29) is 17.4 Å². The molecule has 220 valence electrons. The van der Waals surface area contributed by atoms with Crippen molar-refractivity contribution in [2.75, 3.05) is 23.9 Å². The van der Waals surface area contributed by atoms with E-state index in [1.54, 1.807) is 18.2 Å². The van der Waals surface area contributed by atoms with Gasteiger partial charge < -0.3 is 15.4 Å². The van der Waals surface area contributed by atoms with Gasteiger partial charge in [0.25, 0.3) is 11.8 Å². The molecule has 0 radical (unpaired) electrons. The fraction of sp³-hybridized carbons (Fsp3) is 0.414. The van der Waals surface area contributed by atoms with E-state index in [0.29, 0.717) is 36.4 Å². The molecule has 0 fully saturated rings. The van der Waals surface area contributed by atoms with Crippen LogP contribution in [0.5, 0.6) is 5.75 Å². The molecule has 0 spiro atoms. The predicted molar refractivity (Wildman–Crippen MR) is 152 cm³/mol. The standard InChI is InChI=1S/C29H34F2N4O5S/c1-4-7-19-8-5-10-22(14-19)35-27(33-25(36)17-41(3,38)39)26-24(34-35)16-21(32-28(26)37)13-12-20-9-6-11-23(15-20)40-18-29(2,30)31/h5-6,8-11,14-15,21H,4,7,12-13,16-18H2,1-3H3,(H,32,37)(H,33,36). The first-order chi connectivity index (χ1) is 19.3. The maximum absolute atomic E-state index is 13.3. The molecule has 0 aliphatic carbocycles. The number of sulfone groups is 1. The lowest BCUT2D eigenvalue weighted by Gasteiger charge is -2.23. The van der Waals surface area contributed by atoms with Crippen molar-refractivity contribution in [3.63, 3.8) is 0 Å². The van der Waals surface area contributed by atoms with Crippen molar-refractivity contribution in [2.24, 2.45) is 0 Å². The van der Waals surface area contributed by atoms with Crippen molar-refractivity contribution in [1.29, 1.82) is 0 Å². The maximum Gasteiger partial charge on any atom is 0.278 e. The van der Waals surface area contributed by atoms with Gasteiger partial charge in [-0.05, 0) is 54.7 Å². The van der Waals surface area contributed by atoms with Crippen molar-refractivity contribution < 1.29 is 31.5 Å². The molecule has 1 aliphatic rings. The van der Waals surface area contributed by atoms with Crippen LogP contribution < -0.4 is 15.4 Å². The van der Waals surface area contributed by atoms with Gasteiger partial charge in [0.1, 0.15) is 22.9 Å². The Morgan fingerprint density at radius 2 is 1.88 bits per heavy atom. The van der Waals surface area contributed by atoms with Crippen LogP contribution in [0.3, 0.4) is 0 Å². The Balaban J connectivity index is 1.57. The number of amides is 2. The van der Waals surface area contributed by atoms with Gasteiger partial charge in [0, 0.05) is 25.6 Å². The van der Waals surface area contributed by atoms with Crippen LogP contribution in [0.4, 0.5) is 14.6 Å². The van der Waals surface area contributed by atoms with Crippen LogP contribution in [0.2, 0.25) is 0 Å². The smallest absolute Gasteiger partial charge is 0.278 e. The monoisotopic (exact) mass is 588 g/mol. The van der Waals surface area contributed by atoms with Gasteiger partial charge in [-0.3, -0.25) is 9.59 Å². The molecule has 2 aromatic carbocycles. The Labute approximate surface area is 238 Å². The van der Waals surface area contributed by atoms with Crippen LogP contribution in [0.25, 0.3) is 5.69 Å². The van der Waals surface area contributed by atoms with Crippen molar-refractivity contribution >= 4 is 27.5 Å². The number of nitrogens with zero attached hydrogens (tertiary/aromatic N) is 2. The highest BCUT2D eigenvalue weighted by atomic mass is 32.2. The lowest BCUT2D eigenvalue weighted by atomic mass is 9.96. The number of aromatic nitrogens is 2. The van der Waals surface area contributed by atoms with E-state index in [1.807, 2.05) is 30.3 Å². The number of alkyl halides is 2. The molecule has 4 rings (SSSR count). The van der Waals surface area contributed by atoms with E-state index in [4.69, 9.17) is 4.74 Å². The van der Waals surface area contributed by atoms with Gasteiger partial charge in [0.15, 0.2) is 16.4 Å². The second-order valence-corrected chi connectivity index (χ2v) is 12.7. The summed E-state index contributed by atoms with van der Waals surface area (Å²) >= 11 is 0. The quantitative estimate of drug-likeness (QED) is 0.329. The van der Waals surface area contributed by atoms with Crippen LogP contribution in [0, 0.1) is 0 Å². The van der Waals surface area contributed by atoms with E-state index in [2.05, 4.69) is 22.7 Å². The predicted octanol–water partition coefficient (Wildman–Crippen LogP) is 4.13. The Kier molecular flexibility index (Phi) is 9.11. The van der Waals surface area contributed by atoms with Gasteiger partial charge in [0.2, 0.25) is 5.91 Å². The fourth-order valence-corrected chi connectivity index (χ4v) is 5.29. The molecule has 1 aliphatic heterocycles. The third-order valence-electron chi connectivity index (χ3n) is 6.48. The van der Waals surface area contributed by atoms with Gasteiger partial charge in [-0.25, -0.2) is 21.9 Å². The second kappa shape index (κ2) is 12.4. The van der Waals surface area contributed by atoms with Crippen LogP contribution >= 0.6 is 0 Å². The third-order valence-corrected chi connectivity index (χ3v) is 7.26. The van der Waals surface area contributed by atoms with Crippen LogP contribution in [0.15, 0.2) is 48.5 Å². The number of aryl methyl sites for hydroxylation is 2. The van der Waals surface area contributed by atoms with Crippen molar-refractivity contribution in [3.8, 4) is 11.4 Å². The van der Waals surface area contributed by atoms with Crippen LogP contribution in [-0.4, -0.2) is 60.6 Å². The molecule has 9 nitrogen and oxygen atoms in total. The zero-order valence-corrected chi connectivity index (χ0v) is 24.1. The number of fused-ring (bicyclic) bond motifs is 1. The van der Waals surface area contributed by atoms with Crippen LogP contribution in [-0.2, 0) is 33.9 Å². The van der Waals surface area contributed by atoms with E-state index < -0.39 is 39.9 Å². The first-order valence-electron chi connectivity index (χ1n) is 13.4. The minimum atomic E-state index is -3.60. The molecule has 41 heavy (non-hydrogen) atoms. The summed E-state index contributed by atoms with van der Waals surface area (Å²) in [5, 5.41) is 10.3. The number of anilines is 1. The molecule has 1 aromatic heterocycles. The molecule has 2 amide bonds. The maximum atomic E-state index is 13.3. The second-order valence-electron chi connectivity index (χ2n) is 10.5. The SMILES string of the molecule is CCCc1cccc(-n2nc3c(c2NC(=O)CS(C)(=O)=O)C(=O)NC(CCc2cccc(OCC(C)(F)F)c2)C3)c1. The zero-order chi connectivity index (χ0) is 29.8. The molecule has 1 unspecified atom stereocenters. The minimum Gasteiger partial charge on any atom is -0.487 e. The molecule has 2 N–H and O–H groups in total. The number of ether oxygens (including phenoxy) is 1. The highest BCUT2D eigenvalue weighted by Crippen LogP contribution is 2.29. The van der Waals surface area contributed by atoms with E-state index >= 15 is 0 Å². The number of hydrogen-bond donors (Lipinski definition) is 2. The molecular formula is C29H34F2N4O5S. The summed E-state index contributed by atoms with van der Waals surface area (Å²) in [6.45, 7) is 2.14. The van der Waals surface area contributed by atoms with Gasteiger partial charge >= 0.3 is 0 Å². The molecule has 2 heterocycles. The van der Waals surface area contributed by atoms with Gasteiger partial charge in [-0.2, -0.15) is 5.10 Å². The average Bonchev–Trinajstić information content (AvgIpc) is 3.24. The van der Waals surface area contributed by atoms with Crippen molar-refractivity contribution in [2.45, 2.75) is 57.9 Å². The van der Waals surface area contributed by atoms with Gasteiger partial charge in [0.05, 0.1) is 11.4 Å². The summed E-state index contributed by atoms with van der Waals surface area (Å²) in [4.78, 5) is 25.9. The Morgan fingerprint density at radius 1 is 1.17 bits per heavy atom. The Hall–Kier alpha value is -3.80. The zero-order valence-electron chi connectivity index (χ0n) is 23.2.